The lowest BCUT2D eigenvalue weighted by atomic mass is 9.94. The molecule has 2 heterocycles. The lowest BCUT2D eigenvalue weighted by molar-refractivity contribution is -0.145. The fourth-order valence-corrected chi connectivity index (χ4v) is 3.35. The van der Waals surface area contributed by atoms with Gasteiger partial charge in [0.1, 0.15) is 0 Å². The van der Waals surface area contributed by atoms with Gasteiger partial charge in [0.25, 0.3) is 0 Å². The summed E-state index contributed by atoms with van der Waals surface area (Å²) in [7, 11) is 0. The zero-order valence-corrected chi connectivity index (χ0v) is 15.6. The number of nitrogens with two attached hydrogens (primary N) is 2. The smallest absolute Gasteiger partial charge is 0.313 e. The molecule has 0 saturated carbocycles. The average molecular weight is 395 g/mol. The second kappa shape index (κ2) is 8.51. The van der Waals surface area contributed by atoms with E-state index in [1.54, 1.807) is 24.3 Å². The number of nitrogens with one attached hydrogen (secondary N) is 1. The number of hydrogen-bond acceptors (Lipinski definition) is 5. The molecule has 29 heavy (non-hydrogen) atoms. The van der Waals surface area contributed by atoms with Crippen molar-refractivity contribution in [3.63, 3.8) is 0 Å². The van der Waals surface area contributed by atoms with Gasteiger partial charge >= 0.3 is 11.8 Å². The van der Waals surface area contributed by atoms with Crippen molar-refractivity contribution in [2.24, 2.45) is 11.5 Å². The molecule has 1 aromatic carbocycles. The first-order valence-electron chi connectivity index (χ1n) is 9.13. The fourth-order valence-electron chi connectivity index (χ4n) is 3.35. The van der Waals surface area contributed by atoms with E-state index >= 15 is 0 Å². The van der Waals surface area contributed by atoms with E-state index in [9.17, 15) is 19.2 Å². The third-order valence-electron chi connectivity index (χ3n) is 4.82. The van der Waals surface area contributed by atoms with Crippen LogP contribution in [0.4, 0.5) is 5.69 Å². The number of carbonyl (C=O) groups is 4. The van der Waals surface area contributed by atoms with E-state index in [2.05, 4.69) is 10.3 Å². The minimum absolute atomic E-state index is 0.126. The van der Waals surface area contributed by atoms with E-state index in [-0.39, 0.29) is 17.3 Å². The van der Waals surface area contributed by atoms with Crippen molar-refractivity contribution in [3.8, 4) is 0 Å². The van der Waals surface area contributed by atoms with Crippen LogP contribution in [0.5, 0.6) is 0 Å². The highest BCUT2D eigenvalue weighted by Crippen LogP contribution is 2.31. The number of hydrogen-bond donors (Lipinski definition) is 3. The minimum atomic E-state index is -0.825. The summed E-state index contributed by atoms with van der Waals surface area (Å²) in [5, 5.41) is 2.47. The highest BCUT2D eigenvalue weighted by molar-refractivity contribution is 6.39. The van der Waals surface area contributed by atoms with Crippen LogP contribution in [0.3, 0.4) is 0 Å². The molecule has 2 aromatic rings. The summed E-state index contributed by atoms with van der Waals surface area (Å²) in [5.74, 6) is -2.72. The van der Waals surface area contributed by atoms with Crippen molar-refractivity contribution in [2.75, 3.05) is 11.9 Å². The van der Waals surface area contributed by atoms with Crippen LogP contribution in [0.1, 0.15) is 51.6 Å². The number of piperidine rings is 1. The van der Waals surface area contributed by atoms with E-state index in [0.717, 1.165) is 18.4 Å². The Morgan fingerprint density at radius 1 is 0.966 bits per heavy atom. The molecule has 3 rings (SSSR count). The Morgan fingerprint density at radius 2 is 1.66 bits per heavy atom. The Kier molecular flexibility index (Phi) is 5.87. The van der Waals surface area contributed by atoms with Gasteiger partial charge in [-0.1, -0.05) is 12.1 Å². The lowest BCUT2D eigenvalue weighted by Gasteiger charge is -2.35. The largest absolute Gasteiger partial charge is 0.366 e. The van der Waals surface area contributed by atoms with E-state index in [1.807, 2.05) is 0 Å². The molecular formula is C20H21N5O4. The molecule has 1 saturated heterocycles. The Bertz CT molecular complexity index is 958. The number of pyridine rings is 1. The molecule has 0 radical (unpaired) electrons. The minimum Gasteiger partial charge on any atom is -0.366 e. The number of rotatable bonds is 4. The topological polar surface area (TPSA) is 148 Å². The molecule has 1 aliphatic heterocycles. The summed E-state index contributed by atoms with van der Waals surface area (Å²) in [4.78, 5) is 53.2. The Labute approximate surface area is 167 Å². The van der Waals surface area contributed by atoms with Crippen LogP contribution in [0.2, 0.25) is 0 Å². The number of carbonyl (C=O) groups excluding carboxylic acids is 4. The van der Waals surface area contributed by atoms with Gasteiger partial charge in [-0.15, -0.1) is 0 Å². The maximum atomic E-state index is 12.8. The van der Waals surface area contributed by atoms with E-state index in [4.69, 9.17) is 11.5 Å². The quantitative estimate of drug-likeness (QED) is 0.660. The number of amides is 4. The molecule has 1 aliphatic rings. The van der Waals surface area contributed by atoms with Crippen LogP contribution >= 0.6 is 0 Å². The average Bonchev–Trinajstić information content (AvgIpc) is 2.73. The van der Waals surface area contributed by atoms with Crippen LogP contribution in [0.15, 0.2) is 42.7 Å². The van der Waals surface area contributed by atoms with Crippen LogP contribution in [-0.2, 0) is 9.59 Å². The summed E-state index contributed by atoms with van der Waals surface area (Å²) >= 11 is 0. The fraction of sp³-hybridized carbons (Fsp3) is 0.250. The van der Waals surface area contributed by atoms with Crippen molar-refractivity contribution in [2.45, 2.75) is 25.3 Å². The number of aromatic nitrogens is 1. The molecule has 0 aliphatic carbocycles. The third kappa shape index (κ3) is 4.57. The molecule has 0 unspecified atom stereocenters. The van der Waals surface area contributed by atoms with Gasteiger partial charge < -0.3 is 21.7 Å². The summed E-state index contributed by atoms with van der Waals surface area (Å²) in [6, 6.07) is 7.78. The van der Waals surface area contributed by atoms with Crippen molar-refractivity contribution < 1.29 is 19.2 Å². The molecule has 150 valence electrons. The summed E-state index contributed by atoms with van der Waals surface area (Å²) in [6.07, 6.45) is 5.00. The number of benzene rings is 1. The van der Waals surface area contributed by atoms with Crippen molar-refractivity contribution in [3.05, 3.63) is 59.4 Å². The maximum absolute atomic E-state index is 12.8. The normalized spacial score (nSPS) is 16.1. The second-order valence-corrected chi connectivity index (χ2v) is 6.78. The van der Waals surface area contributed by atoms with Gasteiger partial charge in [0.2, 0.25) is 11.8 Å². The number of nitrogens with zero attached hydrogens (tertiary/aromatic N) is 2. The SMILES string of the molecule is NC(=O)c1ccc([C@@H]2CCCCN2C(=O)C(=O)Nc2cncc(C(N)=O)c2)cc1. The van der Waals surface area contributed by atoms with Gasteiger partial charge in [-0.05, 0) is 43.0 Å². The molecule has 9 heteroatoms. The first-order chi connectivity index (χ1) is 13.9. The number of anilines is 1. The van der Waals surface area contributed by atoms with Crippen LogP contribution in [-0.4, -0.2) is 40.1 Å². The van der Waals surface area contributed by atoms with Gasteiger partial charge in [0, 0.05) is 18.3 Å². The predicted octanol–water partition coefficient (Wildman–Crippen LogP) is 0.972. The highest BCUT2D eigenvalue weighted by atomic mass is 16.2. The monoisotopic (exact) mass is 395 g/mol. The van der Waals surface area contributed by atoms with Gasteiger partial charge in [-0.2, -0.15) is 0 Å². The van der Waals surface area contributed by atoms with E-state index < -0.39 is 23.6 Å². The Hall–Kier alpha value is -3.75. The molecular weight excluding hydrogens is 374 g/mol. The summed E-state index contributed by atoms with van der Waals surface area (Å²) in [6.45, 7) is 0.439. The molecule has 0 bridgehead atoms. The van der Waals surface area contributed by atoms with Gasteiger partial charge in [0.15, 0.2) is 0 Å². The zero-order chi connectivity index (χ0) is 21.0. The summed E-state index contributed by atoms with van der Waals surface area (Å²) in [5.41, 5.74) is 12.0. The summed E-state index contributed by atoms with van der Waals surface area (Å²) < 4.78 is 0. The molecule has 5 N–H and O–H groups in total. The van der Waals surface area contributed by atoms with Crippen LogP contribution < -0.4 is 16.8 Å². The van der Waals surface area contributed by atoms with Gasteiger partial charge in [-0.3, -0.25) is 24.2 Å². The Morgan fingerprint density at radius 3 is 2.31 bits per heavy atom. The number of primary amides is 2. The molecule has 1 aromatic heterocycles. The van der Waals surface area contributed by atoms with E-state index in [0.29, 0.717) is 18.5 Å². The maximum Gasteiger partial charge on any atom is 0.313 e. The molecule has 0 spiro atoms. The lowest BCUT2D eigenvalue weighted by Crippen LogP contribution is -2.44. The Balaban J connectivity index is 1.76. The third-order valence-corrected chi connectivity index (χ3v) is 4.82. The molecule has 9 nitrogen and oxygen atoms in total. The zero-order valence-electron chi connectivity index (χ0n) is 15.6. The van der Waals surface area contributed by atoms with Crippen molar-refractivity contribution >= 4 is 29.3 Å². The highest BCUT2D eigenvalue weighted by Gasteiger charge is 2.32. The second-order valence-electron chi connectivity index (χ2n) is 6.78. The first-order valence-corrected chi connectivity index (χ1v) is 9.13. The molecule has 4 amide bonds. The first kappa shape index (κ1) is 20.0. The van der Waals surface area contributed by atoms with Crippen LogP contribution in [0.25, 0.3) is 0 Å². The van der Waals surface area contributed by atoms with Crippen molar-refractivity contribution in [1.29, 1.82) is 0 Å². The standard InChI is InChI=1S/C20H21N5O4/c21-17(26)13-6-4-12(5-7-13)16-3-1-2-8-25(16)20(29)19(28)24-15-9-14(18(22)27)10-23-11-15/h4-7,9-11,16H,1-3,8H2,(H2,21,26)(H2,22,27)(H,24,28)/t16-/m0/s1. The van der Waals surface area contributed by atoms with Crippen molar-refractivity contribution in [1.82, 2.24) is 9.88 Å². The van der Waals surface area contributed by atoms with Gasteiger partial charge in [-0.25, -0.2) is 0 Å². The van der Waals surface area contributed by atoms with E-state index in [1.165, 1.54) is 23.4 Å². The van der Waals surface area contributed by atoms with Crippen LogP contribution in [0, 0.1) is 0 Å². The molecule has 1 fully saturated rings. The number of likely N-dealkylation sites (tertiary alicyclic amines) is 1. The predicted molar refractivity (Wildman–Crippen MR) is 105 cm³/mol. The van der Waals surface area contributed by atoms with Gasteiger partial charge in [0.05, 0.1) is 23.5 Å². The molecule has 1 atom stereocenters.